The van der Waals surface area contributed by atoms with E-state index in [4.69, 9.17) is 16.7 Å². The molecule has 33 heavy (non-hydrogen) atoms. The van der Waals surface area contributed by atoms with Crippen LogP contribution < -0.4 is 10.2 Å². The molecule has 0 amide bonds. The standard InChI is InChI=1S/C23H28ClN9/c1-15(2)19-20-21(29-28-19)22(27-23(24)26-20)25-14-16-6-4-5-7-17(16)33-9-8-18(30-33)32-12-10-31(3)11-13-32/h4-9,15H,10-14H2,1-3H3,(H,28,29)(H,25,26,27). The molecule has 0 unspecified atom stereocenters. The van der Waals surface area contributed by atoms with E-state index in [-0.39, 0.29) is 11.2 Å². The Morgan fingerprint density at radius 3 is 2.64 bits per heavy atom. The largest absolute Gasteiger partial charge is 0.364 e. The summed E-state index contributed by atoms with van der Waals surface area (Å²) >= 11 is 6.23. The van der Waals surface area contributed by atoms with Crippen molar-refractivity contribution >= 4 is 34.3 Å². The number of anilines is 2. The maximum Gasteiger partial charge on any atom is 0.225 e. The number of benzene rings is 1. The van der Waals surface area contributed by atoms with Gasteiger partial charge in [0, 0.05) is 45.0 Å². The van der Waals surface area contributed by atoms with E-state index >= 15 is 0 Å². The molecule has 2 N–H and O–H groups in total. The third-order valence-corrected chi connectivity index (χ3v) is 6.23. The minimum absolute atomic E-state index is 0.200. The van der Waals surface area contributed by atoms with Crippen LogP contribution >= 0.6 is 11.6 Å². The van der Waals surface area contributed by atoms with Crippen molar-refractivity contribution in [2.24, 2.45) is 0 Å². The minimum Gasteiger partial charge on any atom is -0.364 e. The smallest absolute Gasteiger partial charge is 0.225 e. The first kappa shape index (κ1) is 21.7. The van der Waals surface area contributed by atoms with Crippen molar-refractivity contribution in [2.75, 3.05) is 43.4 Å². The van der Waals surface area contributed by atoms with Gasteiger partial charge in [-0.25, -0.2) is 9.67 Å². The number of nitrogens with one attached hydrogen (secondary N) is 2. The summed E-state index contributed by atoms with van der Waals surface area (Å²) < 4.78 is 1.94. The number of piperazine rings is 1. The number of fused-ring (bicyclic) bond motifs is 1. The van der Waals surface area contributed by atoms with E-state index in [1.54, 1.807) is 0 Å². The number of hydrogen-bond acceptors (Lipinski definition) is 7. The molecule has 0 radical (unpaired) electrons. The van der Waals surface area contributed by atoms with Gasteiger partial charge in [0.1, 0.15) is 5.52 Å². The van der Waals surface area contributed by atoms with Gasteiger partial charge >= 0.3 is 0 Å². The van der Waals surface area contributed by atoms with Crippen LogP contribution in [0.15, 0.2) is 36.5 Å². The monoisotopic (exact) mass is 465 g/mol. The Labute approximate surface area is 197 Å². The molecule has 4 heterocycles. The lowest BCUT2D eigenvalue weighted by atomic mass is 10.1. The maximum atomic E-state index is 6.23. The van der Waals surface area contributed by atoms with Crippen molar-refractivity contribution in [3.63, 3.8) is 0 Å². The second-order valence-corrected chi connectivity index (χ2v) is 9.06. The highest BCUT2D eigenvalue weighted by molar-refractivity contribution is 6.28. The zero-order valence-electron chi connectivity index (χ0n) is 19.1. The highest BCUT2D eigenvalue weighted by Crippen LogP contribution is 2.27. The number of H-pyrrole nitrogens is 1. The van der Waals surface area contributed by atoms with E-state index < -0.39 is 0 Å². The third-order valence-electron chi connectivity index (χ3n) is 6.06. The lowest BCUT2D eigenvalue weighted by molar-refractivity contribution is 0.312. The third kappa shape index (κ3) is 4.38. The van der Waals surface area contributed by atoms with Crippen LogP contribution in [0.1, 0.15) is 31.0 Å². The van der Waals surface area contributed by atoms with Gasteiger partial charge in [0.15, 0.2) is 17.2 Å². The Hall–Kier alpha value is -3.17. The van der Waals surface area contributed by atoms with E-state index in [9.17, 15) is 0 Å². The number of aromatic nitrogens is 6. The van der Waals surface area contributed by atoms with Gasteiger partial charge < -0.3 is 15.1 Å². The van der Waals surface area contributed by atoms with Crippen LogP contribution in [0.2, 0.25) is 5.28 Å². The van der Waals surface area contributed by atoms with Crippen LogP contribution in [0.25, 0.3) is 16.7 Å². The quantitative estimate of drug-likeness (QED) is 0.420. The number of likely N-dealkylation sites (N-methyl/N-ethyl adjacent to an activating group) is 1. The van der Waals surface area contributed by atoms with Crippen molar-refractivity contribution in [2.45, 2.75) is 26.3 Å². The molecular formula is C23H28ClN9. The van der Waals surface area contributed by atoms with Crippen LogP contribution in [0.4, 0.5) is 11.6 Å². The van der Waals surface area contributed by atoms with Gasteiger partial charge in [-0.15, -0.1) is 0 Å². The lowest BCUT2D eigenvalue weighted by Gasteiger charge is -2.32. The van der Waals surface area contributed by atoms with Gasteiger partial charge in [-0.3, -0.25) is 5.10 Å². The van der Waals surface area contributed by atoms with E-state index in [1.165, 1.54) is 0 Å². The van der Waals surface area contributed by atoms with Gasteiger partial charge in [-0.1, -0.05) is 32.0 Å². The predicted molar refractivity (Wildman–Crippen MR) is 131 cm³/mol. The molecule has 1 aliphatic heterocycles. The first-order valence-electron chi connectivity index (χ1n) is 11.2. The van der Waals surface area contributed by atoms with E-state index in [0.29, 0.717) is 17.9 Å². The number of hydrogen-bond donors (Lipinski definition) is 2. The fourth-order valence-corrected chi connectivity index (χ4v) is 4.30. The number of nitrogens with zero attached hydrogens (tertiary/aromatic N) is 7. The number of rotatable bonds is 6. The summed E-state index contributed by atoms with van der Waals surface area (Å²) in [6.07, 6.45) is 2.02. The molecule has 1 aliphatic rings. The molecule has 3 aromatic heterocycles. The molecule has 1 aromatic carbocycles. The van der Waals surface area contributed by atoms with E-state index in [1.807, 2.05) is 23.0 Å². The summed E-state index contributed by atoms with van der Waals surface area (Å²) in [6, 6.07) is 10.3. The number of para-hydroxylation sites is 1. The van der Waals surface area contributed by atoms with Gasteiger partial charge in [-0.2, -0.15) is 15.2 Å². The van der Waals surface area contributed by atoms with Gasteiger partial charge in [0.2, 0.25) is 5.28 Å². The highest BCUT2D eigenvalue weighted by atomic mass is 35.5. The maximum absolute atomic E-state index is 6.23. The summed E-state index contributed by atoms with van der Waals surface area (Å²) in [5.41, 5.74) is 4.51. The van der Waals surface area contributed by atoms with Crippen LogP contribution in [0.5, 0.6) is 0 Å². The summed E-state index contributed by atoms with van der Waals surface area (Å²) in [7, 11) is 2.16. The molecule has 0 bridgehead atoms. The Morgan fingerprint density at radius 2 is 1.85 bits per heavy atom. The predicted octanol–water partition coefficient (Wildman–Crippen LogP) is 3.68. The molecule has 1 saturated heterocycles. The molecule has 172 valence electrons. The average Bonchev–Trinajstić information content (AvgIpc) is 3.46. The molecule has 10 heteroatoms. The van der Waals surface area contributed by atoms with E-state index in [0.717, 1.165) is 54.5 Å². The van der Waals surface area contributed by atoms with Crippen molar-refractivity contribution in [3.8, 4) is 5.69 Å². The van der Waals surface area contributed by atoms with Crippen molar-refractivity contribution < 1.29 is 0 Å². The molecule has 0 atom stereocenters. The van der Waals surface area contributed by atoms with Crippen molar-refractivity contribution in [1.29, 1.82) is 0 Å². The summed E-state index contributed by atoms with van der Waals surface area (Å²) in [5, 5.41) is 16.0. The minimum atomic E-state index is 0.200. The Bertz CT molecular complexity index is 1250. The number of halogens is 1. The molecule has 9 nitrogen and oxygen atoms in total. The van der Waals surface area contributed by atoms with Gasteiger partial charge in [-0.05, 0) is 36.2 Å². The van der Waals surface area contributed by atoms with Gasteiger partial charge in [0.25, 0.3) is 0 Å². The fourth-order valence-electron chi connectivity index (χ4n) is 4.13. The van der Waals surface area contributed by atoms with Crippen molar-refractivity contribution in [3.05, 3.63) is 53.1 Å². The molecular weight excluding hydrogens is 438 g/mol. The first-order valence-corrected chi connectivity index (χ1v) is 11.6. The van der Waals surface area contributed by atoms with Crippen LogP contribution in [-0.2, 0) is 6.54 Å². The average molecular weight is 466 g/mol. The Balaban J connectivity index is 1.39. The fraction of sp³-hybridized carbons (Fsp3) is 0.391. The number of aromatic amines is 1. The molecule has 0 saturated carbocycles. The Morgan fingerprint density at radius 1 is 1.06 bits per heavy atom. The normalized spacial score (nSPS) is 15.0. The van der Waals surface area contributed by atoms with Crippen LogP contribution in [0, 0.1) is 0 Å². The highest BCUT2D eigenvalue weighted by Gasteiger charge is 2.18. The molecule has 5 rings (SSSR count). The second kappa shape index (κ2) is 8.99. The van der Waals surface area contributed by atoms with E-state index in [2.05, 4.69) is 74.4 Å². The zero-order valence-corrected chi connectivity index (χ0v) is 19.8. The zero-order chi connectivity index (χ0) is 22.9. The summed E-state index contributed by atoms with van der Waals surface area (Å²) in [4.78, 5) is 13.5. The Kier molecular flexibility index (Phi) is 5.90. The SMILES string of the molecule is CC(C)c1[nH]nc2c(NCc3ccccc3-n3ccc(N4CCN(C)CC4)n3)nc(Cl)nc12. The lowest BCUT2D eigenvalue weighted by Crippen LogP contribution is -2.44. The molecule has 0 aliphatic carbocycles. The summed E-state index contributed by atoms with van der Waals surface area (Å²) in [5.74, 6) is 1.87. The van der Waals surface area contributed by atoms with Crippen LogP contribution in [-0.4, -0.2) is 68.1 Å². The van der Waals surface area contributed by atoms with Gasteiger partial charge in [0.05, 0.1) is 11.4 Å². The van der Waals surface area contributed by atoms with Crippen molar-refractivity contribution in [1.82, 2.24) is 34.8 Å². The topological polar surface area (TPSA) is 90.8 Å². The first-order chi connectivity index (χ1) is 16.0. The van der Waals surface area contributed by atoms with Crippen LogP contribution in [0.3, 0.4) is 0 Å². The molecule has 1 fully saturated rings. The molecule has 4 aromatic rings. The summed E-state index contributed by atoms with van der Waals surface area (Å²) in [6.45, 7) is 8.81. The second-order valence-electron chi connectivity index (χ2n) is 8.72. The molecule has 0 spiro atoms.